The predicted molar refractivity (Wildman–Crippen MR) is 122 cm³/mol. The molecule has 8 nitrogen and oxygen atoms in total. The fourth-order valence-electron chi connectivity index (χ4n) is 4.66. The van der Waals surface area contributed by atoms with Gasteiger partial charge in [0, 0.05) is 62.1 Å². The van der Waals surface area contributed by atoms with Crippen LogP contribution in [0.1, 0.15) is 19.8 Å². The van der Waals surface area contributed by atoms with Crippen LogP contribution in [0.2, 0.25) is 0 Å². The van der Waals surface area contributed by atoms with Gasteiger partial charge in [0.1, 0.15) is 11.5 Å². The van der Waals surface area contributed by atoms with Gasteiger partial charge in [0.15, 0.2) is 0 Å². The molecule has 3 fully saturated rings. The molecule has 9 heteroatoms. The van der Waals surface area contributed by atoms with Crippen molar-refractivity contribution in [1.29, 1.82) is 0 Å². The Morgan fingerprint density at radius 1 is 1.03 bits per heavy atom. The molecule has 1 aliphatic carbocycles. The van der Waals surface area contributed by atoms with E-state index in [0.717, 1.165) is 51.3 Å². The molecule has 2 saturated heterocycles. The van der Waals surface area contributed by atoms with E-state index in [-0.39, 0.29) is 10.4 Å². The number of morpholine rings is 1. The van der Waals surface area contributed by atoms with Gasteiger partial charge in [-0.05, 0) is 25.8 Å². The van der Waals surface area contributed by atoms with E-state index in [9.17, 15) is 8.42 Å². The normalized spacial score (nSPS) is 22.8. The van der Waals surface area contributed by atoms with Gasteiger partial charge in [0.25, 0.3) is 0 Å². The van der Waals surface area contributed by atoms with Gasteiger partial charge in [-0.3, -0.25) is 9.80 Å². The molecule has 0 bridgehead atoms. The zero-order valence-corrected chi connectivity index (χ0v) is 19.5. The van der Waals surface area contributed by atoms with Gasteiger partial charge >= 0.3 is 0 Å². The lowest BCUT2D eigenvalue weighted by Crippen LogP contribution is -2.52. The topological polar surface area (TPSA) is 75.2 Å². The molecule has 2 aliphatic heterocycles. The zero-order valence-electron chi connectivity index (χ0n) is 18.7. The number of rotatable bonds is 7. The first-order chi connectivity index (χ1) is 15.5. The Hall–Kier alpha value is -1.78. The first kappa shape index (κ1) is 22.0. The zero-order chi connectivity index (χ0) is 22.2. The second kappa shape index (κ2) is 8.87. The van der Waals surface area contributed by atoms with Crippen LogP contribution in [0.15, 0.2) is 35.4 Å². The molecule has 1 saturated carbocycles. The first-order valence-electron chi connectivity index (χ1n) is 11.5. The summed E-state index contributed by atoms with van der Waals surface area (Å²) in [5.41, 5.74) is 0.282. The van der Waals surface area contributed by atoms with E-state index in [1.165, 1.54) is 19.0 Å². The average molecular weight is 461 g/mol. The highest BCUT2D eigenvalue weighted by atomic mass is 32.2. The van der Waals surface area contributed by atoms with Crippen molar-refractivity contribution in [2.24, 2.45) is 0 Å². The van der Waals surface area contributed by atoms with Gasteiger partial charge in [-0.2, -0.15) is 4.31 Å². The van der Waals surface area contributed by atoms with Crippen molar-refractivity contribution in [2.75, 3.05) is 65.6 Å². The Bertz CT molecular complexity index is 1060. The Kier molecular flexibility index (Phi) is 6.11. The van der Waals surface area contributed by atoms with Crippen LogP contribution < -0.4 is 4.74 Å². The van der Waals surface area contributed by atoms with Crippen LogP contribution in [0.5, 0.6) is 5.88 Å². The van der Waals surface area contributed by atoms with Crippen molar-refractivity contribution < 1.29 is 17.9 Å². The molecule has 0 amide bonds. The molecule has 0 unspecified atom stereocenters. The number of hydrogen-bond acceptors (Lipinski definition) is 7. The molecule has 1 aromatic carbocycles. The van der Waals surface area contributed by atoms with Crippen LogP contribution in [-0.4, -0.2) is 98.7 Å². The number of pyridine rings is 1. The Labute approximate surface area is 190 Å². The maximum absolute atomic E-state index is 13.5. The summed E-state index contributed by atoms with van der Waals surface area (Å²) < 4.78 is 40.0. The van der Waals surface area contributed by atoms with Crippen molar-refractivity contribution in [2.45, 2.75) is 30.2 Å². The van der Waals surface area contributed by atoms with Gasteiger partial charge in [0.05, 0.1) is 19.4 Å². The minimum Gasteiger partial charge on any atom is -0.476 e. The van der Waals surface area contributed by atoms with E-state index in [2.05, 4.69) is 21.7 Å². The lowest BCUT2D eigenvalue weighted by atomic mass is 10.2. The van der Waals surface area contributed by atoms with E-state index in [4.69, 9.17) is 9.47 Å². The van der Waals surface area contributed by atoms with Crippen molar-refractivity contribution in [1.82, 2.24) is 19.1 Å². The third-order valence-electron chi connectivity index (χ3n) is 7.07. The molecule has 0 radical (unpaired) electrons. The standard InChI is InChI=1S/C23H32N4O4S/c1-23(6-7-23)26-8-10-27(11-9-26)32(28,29)21-18-24-22(20-5-3-2-4-19(20)21)31-17-14-25-12-15-30-16-13-25/h2-5,18H,6-17H2,1H3. The minimum atomic E-state index is -3.63. The SMILES string of the molecule is CC1(N2CCN(S(=O)(=O)c3cnc(OCCN4CCOCC4)c4ccccc34)CC2)CC1. The predicted octanol–water partition coefficient (Wildman–Crippen LogP) is 1.80. The first-order valence-corrected chi connectivity index (χ1v) is 13.0. The van der Waals surface area contributed by atoms with Crippen molar-refractivity contribution in [3.8, 4) is 5.88 Å². The maximum atomic E-state index is 13.5. The van der Waals surface area contributed by atoms with Crippen LogP contribution in [0, 0.1) is 0 Å². The second-order valence-corrected chi connectivity index (χ2v) is 11.1. The van der Waals surface area contributed by atoms with Crippen LogP contribution >= 0.6 is 0 Å². The number of fused-ring (bicyclic) bond motifs is 1. The van der Waals surface area contributed by atoms with E-state index in [1.54, 1.807) is 4.31 Å². The molecule has 3 aliphatic rings. The summed E-state index contributed by atoms with van der Waals surface area (Å²) in [5.74, 6) is 0.485. The number of aromatic nitrogens is 1. The molecule has 5 rings (SSSR count). The van der Waals surface area contributed by atoms with E-state index in [1.807, 2.05) is 24.3 Å². The monoisotopic (exact) mass is 460 g/mol. The number of hydrogen-bond donors (Lipinski definition) is 0. The summed E-state index contributed by atoms with van der Waals surface area (Å²) in [6.07, 6.45) is 3.89. The lowest BCUT2D eigenvalue weighted by molar-refractivity contribution is 0.0321. The number of nitrogens with zero attached hydrogens (tertiary/aromatic N) is 4. The Morgan fingerprint density at radius 3 is 2.41 bits per heavy atom. The average Bonchev–Trinajstić information content (AvgIpc) is 3.58. The summed E-state index contributed by atoms with van der Waals surface area (Å²) in [5, 5.41) is 1.40. The van der Waals surface area contributed by atoms with Crippen molar-refractivity contribution in [3.63, 3.8) is 0 Å². The molecule has 32 heavy (non-hydrogen) atoms. The van der Waals surface area contributed by atoms with E-state index >= 15 is 0 Å². The largest absolute Gasteiger partial charge is 0.476 e. The molecule has 2 aromatic rings. The second-order valence-electron chi connectivity index (χ2n) is 9.16. The maximum Gasteiger partial charge on any atom is 0.245 e. The van der Waals surface area contributed by atoms with Crippen LogP contribution in [0.3, 0.4) is 0 Å². The van der Waals surface area contributed by atoms with Crippen molar-refractivity contribution >= 4 is 20.8 Å². The van der Waals surface area contributed by atoms with Crippen molar-refractivity contribution in [3.05, 3.63) is 30.5 Å². The Morgan fingerprint density at radius 2 is 1.72 bits per heavy atom. The summed E-state index contributed by atoms with van der Waals surface area (Å²) in [7, 11) is -3.63. The molecule has 0 spiro atoms. The molecular weight excluding hydrogens is 428 g/mol. The number of benzene rings is 1. The Balaban J connectivity index is 1.32. The molecule has 0 N–H and O–H groups in total. The summed E-state index contributed by atoms with van der Waals surface area (Å²) >= 11 is 0. The minimum absolute atomic E-state index is 0.264. The molecule has 174 valence electrons. The molecular formula is C23H32N4O4S. The van der Waals surface area contributed by atoms with E-state index in [0.29, 0.717) is 31.0 Å². The highest BCUT2D eigenvalue weighted by Gasteiger charge is 2.45. The summed E-state index contributed by atoms with van der Waals surface area (Å²) in [4.78, 5) is 9.43. The van der Waals surface area contributed by atoms with E-state index < -0.39 is 10.0 Å². The van der Waals surface area contributed by atoms with Gasteiger partial charge in [-0.15, -0.1) is 0 Å². The van der Waals surface area contributed by atoms with Gasteiger partial charge in [-0.25, -0.2) is 13.4 Å². The van der Waals surface area contributed by atoms with Gasteiger partial charge < -0.3 is 9.47 Å². The molecule has 3 heterocycles. The number of sulfonamides is 1. The molecule has 0 atom stereocenters. The van der Waals surface area contributed by atoms with Gasteiger partial charge in [-0.1, -0.05) is 18.2 Å². The third-order valence-corrected chi connectivity index (χ3v) is 8.99. The fourth-order valence-corrected chi connectivity index (χ4v) is 6.23. The van der Waals surface area contributed by atoms with Gasteiger partial charge in [0.2, 0.25) is 15.9 Å². The molecule has 1 aromatic heterocycles. The number of ether oxygens (including phenoxy) is 2. The van der Waals surface area contributed by atoms with Crippen LogP contribution in [0.25, 0.3) is 10.8 Å². The summed E-state index contributed by atoms with van der Waals surface area (Å²) in [6, 6.07) is 7.49. The lowest BCUT2D eigenvalue weighted by Gasteiger charge is -2.37. The quantitative estimate of drug-likeness (QED) is 0.624. The highest BCUT2D eigenvalue weighted by molar-refractivity contribution is 7.89. The van der Waals surface area contributed by atoms with Crippen LogP contribution in [0.4, 0.5) is 0 Å². The highest BCUT2D eigenvalue weighted by Crippen LogP contribution is 2.41. The third kappa shape index (κ3) is 4.36. The number of piperazine rings is 1. The fraction of sp³-hybridized carbons (Fsp3) is 0.609. The van der Waals surface area contributed by atoms with Crippen LogP contribution in [-0.2, 0) is 14.8 Å². The summed E-state index contributed by atoms with van der Waals surface area (Å²) in [6.45, 7) is 9.48. The smallest absolute Gasteiger partial charge is 0.245 e.